The molecule has 1 amide bonds. The van der Waals surface area contributed by atoms with Crippen LogP contribution in [0.4, 0.5) is 10.8 Å². The molecule has 2 aromatic rings. The maximum Gasteiger partial charge on any atom is 0.270 e. The zero-order valence-electron chi connectivity index (χ0n) is 13.4. The van der Waals surface area contributed by atoms with Gasteiger partial charge in [0.15, 0.2) is 5.13 Å². The van der Waals surface area contributed by atoms with Crippen molar-refractivity contribution in [2.75, 3.05) is 18.5 Å². The monoisotopic (exact) mass is 331 g/mol. The van der Waals surface area contributed by atoms with Crippen molar-refractivity contribution in [1.29, 1.82) is 0 Å². The van der Waals surface area contributed by atoms with E-state index < -0.39 is 0 Å². The lowest BCUT2D eigenvalue weighted by molar-refractivity contribution is 0.0854. The molecule has 1 aromatic heterocycles. The van der Waals surface area contributed by atoms with E-state index in [9.17, 15) is 4.79 Å². The van der Waals surface area contributed by atoms with Gasteiger partial charge >= 0.3 is 0 Å². The fraction of sp³-hybridized carbons (Fsp3) is 0.412. The van der Waals surface area contributed by atoms with Crippen LogP contribution >= 0.6 is 11.3 Å². The predicted octanol–water partition coefficient (Wildman–Crippen LogP) is 3.41. The molecule has 6 heteroatoms. The number of thiazole rings is 1. The Hall–Kier alpha value is -1.92. The summed E-state index contributed by atoms with van der Waals surface area (Å²) in [6, 6.07) is 6.20. The van der Waals surface area contributed by atoms with E-state index in [2.05, 4.69) is 41.6 Å². The molecule has 2 N–H and O–H groups in total. The minimum absolute atomic E-state index is 0.144. The van der Waals surface area contributed by atoms with Crippen LogP contribution in [0.15, 0.2) is 23.6 Å². The van der Waals surface area contributed by atoms with E-state index in [0.29, 0.717) is 12.2 Å². The molecule has 122 valence electrons. The first-order valence-electron chi connectivity index (χ1n) is 7.81. The third-order valence-electron chi connectivity index (χ3n) is 3.87. The van der Waals surface area contributed by atoms with Gasteiger partial charge in [-0.1, -0.05) is 17.7 Å². The SMILES string of the molecule is Cc1ccc(Nc2nc(C(=O)NCC3CCCO3)cs2)c(C)c1. The van der Waals surface area contributed by atoms with Gasteiger partial charge in [-0.05, 0) is 38.3 Å². The maximum absolute atomic E-state index is 12.1. The van der Waals surface area contributed by atoms with Crippen molar-refractivity contribution in [3.05, 3.63) is 40.4 Å². The largest absolute Gasteiger partial charge is 0.376 e. The van der Waals surface area contributed by atoms with Crippen molar-refractivity contribution in [2.24, 2.45) is 0 Å². The summed E-state index contributed by atoms with van der Waals surface area (Å²) in [5.74, 6) is -0.148. The highest BCUT2D eigenvalue weighted by Gasteiger charge is 2.18. The van der Waals surface area contributed by atoms with Gasteiger partial charge in [0.2, 0.25) is 0 Å². The van der Waals surface area contributed by atoms with Gasteiger partial charge in [0.1, 0.15) is 5.69 Å². The lowest BCUT2D eigenvalue weighted by atomic mass is 10.1. The molecule has 23 heavy (non-hydrogen) atoms. The van der Waals surface area contributed by atoms with Crippen molar-refractivity contribution in [1.82, 2.24) is 10.3 Å². The molecule has 0 radical (unpaired) electrons. The molecule has 2 heterocycles. The molecule has 1 unspecified atom stereocenters. The Balaban J connectivity index is 1.59. The van der Waals surface area contributed by atoms with Crippen molar-refractivity contribution in [3.63, 3.8) is 0 Å². The smallest absolute Gasteiger partial charge is 0.270 e. The van der Waals surface area contributed by atoms with Crippen LogP contribution < -0.4 is 10.6 Å². The van der Waals surface area contributed by atoms with Gasteiger partial charge in [0.05, 0.1) is 6.10 Å². The average molecular weight is 331 g/mol. The first-order valence-corrected chi connectivity index (χ1v) is 8.69. The average Bonchev–Trinajstić information content (AvgIpc) is 3.19. The number of nitrogens with one attached hydrogen (secondary N) is 2. The van der Waals surface area contributed by atoms with Gasteiger partial charge in [-0.2, -0.15) is 0 Å². The third-order valence-corrected chi connectivity index (χ3v) is 4.63. The zero-order valence-corrected chi connectivity index (χ0v) is 14.2. The third kappa shape index (κ3) is 4.09. The highest BCUT2D eigenvalue weighted by molar-refractivity contribution is 7.14. The number of aryl methyl sites for hydroxylation is 2. The zero-order chi connectivity index (χ0) is 16.2. The van der Waals surface area contributed by atoms with Gasteiger partial charge in [0, 0.05) is 24.2 Å². The van der Waals surface area contributed by atoms with E-state index in [1.807, 2.05) is 6.07 Å². The van der Waals surface area contributed by atoms with Crippen LogP contribution in [-0.4, -0.2) is 30.1 Å². The summed E-state index contributed by atoms with van der Waals surface area (Å²) in [6.45, 7) is 5.46. The second-order valence-corrected chi connectivity index (χ2v) is 6.68. The van der Waals surface area contributed by atoms with E-state index >= 15 is 0 Å². The number of carbonyl (C=O) groups is 1. The Morgan fingerprint density at radius 1 is 1.43 bits per heavy atom. The highest BCUT2D eigenvalue weighted by Crippen LogP contribution is 2.24. The first kappa shape index (κ1) is 16.0. The van der Waals surface area contributed by atoms with E-state index in [1.54, 1.807) is 5.38 Å². The van der Waals surface area contributed by atoms with E-state index in [-0.39, 0.29) is 12.0 Å². The molecule has 0 bridgehead atoms. The summed E-state index contributed by atoms with van der Waals surface area (Å²) < 4.78 is 5.50. The molecule has 1 fully saturated rings. The number of anilines is 2. The normalized spacial score (nSPS) is 17.2. The lowest BCUT2D eigenvalue weighted by Gasteiger charge is -2.09. The molecule has 0 saturated carbocycles. The fourth-order valence-corrected chi connectivity index (χ4v) is 3.31. The number of aromatic nitrogens is 1. The van der Waals surface area contributed by atoms with Gasteiger partial charge in [-0.15, -0.1) is 11.3 Å². The fourth-order valence-electron chi connectivity index (χ4n) is 2.61. The van der Waals surface area contributed by atoms with Gasteiger partial charge in [-0.25, -0.2) is 4.98 Å². The molecular formula is C17H21N3O2S. The number of hydrogen-bond acceptors (Lipinski definition) is 5. The number of rotatable bonds is 5. The van der Waals surface area contributed by atoms with Gasteiger partial charge in [-0.3, -0.25) is 4.79 Å². The Bertz CT molecular complexity index is 693. The first-order chi connectivity index (χ1) is 11.1. The summed E-state index contributed by atoms with van der Waals surface area (Å²) in [5, 5.41) is 8.66. The van der Waals surface area contributed by atoms with Crippen LogP contribution in [0.25, 0.3) is 0 Å². The number of nitrogens with zero attached hydrogens (tertiary/aromatic N) is 1. The molecule has 1 aliphatic rings. The Morgan fingerprint density at radius 3 is 3.04 bits per heavy atom. The Kier molecular flexibility index (Phi) is 4.93. The topological polar surface area (TPSA) is 63.2 Å². The molecule has 1 saturated heterocycles. The van der Waals surface area contributed by atoms with Gasteiger partial charge < -0.3 is 15.4 Å². The van der Waals surface area contributed by atoms with Crippen molar-refractivity contribution < 1.29 is 9.53 Å². The summed E-state index contributed by atoms with van der Waals surface area (Å²) >= 11 is 1.43. The predicted molar refractivity (Wildman–Crippen MR) is 92.6 cm³/mol. The van der Waals surface area contributed by atoms with Crippen molar-refractivity contribution >= 4 is 28.1 Å². The lowest BCUT2D eigenvalue weighted by Crippen LogP contribution is -2.31. The summed E-state index contributed by atoms with van der Waals surface area (Å²) in [5.41, 5.74) is 3.84. The number of ether oxygens (including phenoxy) is 1. The van der Waals surface area contributed by atoms with Crippen LogP contribution in [0.1, 0.15) is 34.5 Å². The molecule has 0 aliphatic carbocycles. The van der Waals surface area contributed by atoms with E-state index in [4.69, 9.17) is 4.74 Å². The standard InChI is InChI=1S/C17H21N3O2S/c1-11-5-6-14(12(2)8-11)19-17-20-15(10-23-17)16(21)18-9-13-4-3-7-22-13/h5-6,8,10,13H,3-4,7,9H2,1-2H3,(H,18,21)(H,19,20). The molecular weight excluding hydrogens is 310 g/mol. The molecule has 1 aromatic carbocycles. The number of carbonyl (C=O) groups excluding carboxylic acids is 1. The quantitative estimate of drug-likeness (QED) is 0.881. The Morgan fingerprint density at radius 2 is 2.30 bits per heavy atom. The summed E-state index contributed by atoms with van der Waals surface area (Å²) in [6.07, 6.45) is 2.23. The Labute approximate surface area is 140 Å². The minimum Gasteiger partial charge on any atom is -0.376 e. The molecule has 3 rings (SSSR count). The molecule has 1 aliphatic heterocycles. The summed E-state index contributed by atoms with van der Waals surface area (Å²) in [7, 11) is 0. The number of benzene rings is 1. The maximum atomic E-state index is 12.1. The molecule has 1 atom stereocenters. The van der Waals surface area contributed by atoms with Crippen LogP contribution in [0, 0.1) is 13.8 Å². The van der Waals surface area contributed by atoms with Crippen LogP contribution in [0.2, 0.25) is 0 Å². The van der Waals surface area contributed by atoms with E-state index in [0.717, 1.165) is 35.8 Å². The molecule has 0 spiro atoms. The minimum atomic E-state index is -0.148. The van der Waals surface area contributed by atoms with Crippen molar-refractivity contribution in [2.45, 2.75) is 32.8 Å². The number of amides is 1. The number of hydrogen-bond donors (Lipinski definition) is 2. The van der Waals surface area contributed by atoms with Crippen LogP contribution in [0.5, 0.6) is 0 Å². The second kappa shape index (κ2) is 7.10. The summed E-state index contributed by atoms with van der Waals surface area (Å²) in [4.78, 5) is 16.5. The van der Waals surface area contributed by atoms with Gasteiger partial charge in [0.25, 0.3) is 5.91 Å². The van der Waals surface area contributed by atoms with E-state index in [1.165, 1.54) is 16.9 Å². The van der Waals surface area contributed by atoms with Crippen LogP contribution in [-0.2, 0) is 4.74 Å². The van der Waals surface area contributed by atoms with Crippen LogP contribution in [0.3, 0.4) is 0 Å². The van der Waals surface area contributed by atoms with Crippen molar-refractivity contribution in [3.8, 4) is 0 Å². The highest BCUT2D eigenvalue weighted by atomic mass is 32.1. The second-order valence-electron chi connectivity index (χ2n) is 5.83. The molecule has 5 nitrogen and oxygen atoms in total.